The SMILES string of the molecule is COCCN1CCN(CCOc2ccc3c(c2)CCC(=O)N3)CC1C. The van der Waals surface area contributed by atoms with Crippen molar-refractivity contribution in [3.63, 3.8) is 0 Å². The molecule has 138 valence electrons. The number of carbonyl (C=O) groups is 1. The lowest BCUT2D eigenvalue weighted by Gasteiger charge is -2.39. The molecule has 1 aromatic carbocycles. The molecule has 0 spiro atoms. The molecule has 3 rings (SSSR count). The van der Waals surface area contributed by atoms with Crippen molar-refractivity contribution in [1.82, 2.24) is 9.80 Å². The summed E-state index contributed by atoms with van der Waals surface area (Å²) in [6.07, 6.45) is 1.35. The van der Waals surface area contributed by atoms with Gasteiger partial charge in [0, 0.05) is 58.0 Å². The molecule has 1 saturated heterocycles. The topological polar surface area (TPSA) is 54.0 Å². The number of benzene rings is 1. The zero-order chi connectivity index (χ0) is 17.6. The van der Waals surface area contributed by atoms with Crippen molar-refractivity contribution in [3.8, 4) is 5.75 Å². The number of amides is 1. The van der Waals surface area contributed by atoms with Crippen molar-refractivity contribution in [3.05, 3.63) is 23.8 Å². The summed E-state index contributed by atoms with van der Waals surface area (Å²) in [6.45, 7) is 8.95. The highest BCUT2D eigenvalue weighted by atomic mass is 16.5. The molecule has 1 atom stereocenters. The Bertz CT molecular complexity index is 593. The predicted molar refractivity (Wildman–Crippen MR) is 98.2 cm³/mol. The third-order valence-corrected chi connectivity index (χ3v) is 5.08. The maximum absolute atomic E-state index is 11.4. The van der Waals surface area contributed by atoms with Gasteiger partial charge in [-0.2, -0.15) is 0 Å². The second-order valence-corrected chi connectivity index (χ2v) is 6.89. The number of rotatable bonds is 7. The van der Waals surface area contributed by atoms with Gasteiger partial charge in [-0.25, -0.2) is 0 Å². The number of piperazine rings is 1. The second-order valence-electron chi connectivity index (χ2n) is 6.89. The molecule has 1 aromatic rings. The van der Waals surface area contributed by atoms with Gasteiger partial charge in [0.1, 0.15) is 12.4 Å². The average Bonchev–Trinajstić information content (AvgIpc) is 2.61. The number of hydrogen-bond acceptors (Lipinski definition) is 5. The number of nitrogens with one attached hydrogen (secondary N) is 1. The summed E-state index contributed by atoms with van der Waals surface area (Å²) in [4.78, 5) is 16.4. The van der Waals surface area contributed by atoms with Gasteiger partial charge in [-0.1, -0.05) is 0 Å². The number of hydrogen-bond donors (Lipinski definition) is 1. The lowest BCUT2D eigenvalue weighted by molar-refractivity contribution is -0.116. The lowest BCUT2D eigenvalue weighted by Crippen LogP contribution is -2.53. The van der Waals surface area contributed by atoms with Crippen LogP contribution in [0.15, 0.2) is 18.2 Å². The largest absolute Gasteiger partial charge is 0.492 e. The number of anilines is 1. The van der Waals surface area contributed by atoms with Gasteiger partial charge in [0.2, 0.25) is 5.91 Å². The van der Waals surface area contributed by atoms with Gasteiger partial charge in [0.05, 0.1) is 6.61 Å². The van der Waals surface area contributed by atoms with E-state index in [1.807, 2.05) is 12.1 Å². The van der Waals surface area contributed by atoms with E-state index in [-0.39, 0.29) is 5.91 Å². The van der Waals surface area contributed by atoms with Crippen molar-refractivity contribution >= 4 is 11.6 Å². The lowest BCUT2D eigenvalue weighted by atomic mass is 10.0. The molecule has 0 saturated carbocycles. The number of methoxy groups -OCH3 is 1. The van der Waals surface area contributed by atoms with Crippen LogP contribution in [0, 0.1) is 0 Å². The summed E-state index contributed by atoms with van der Waals surface area (Å²) in [7, 11) is 1.76. The van der Waals surface area contributed by atoms with Gasteiger partial charge in [-0.3, -0.25) is 14.6 Å². The van der Waals surface area contributed by atoms with Crippen LogP contribution in [-0.4, -0.2) is 74.8 Å². The van der Waals surface area contributed by atoms with E-state index < -0.39 is 0 Å². The molecule has 1 fully saturated rings. The van der Waals surface area contributed by atoms with Gasteiger partial charge >= 0.3 is 0 Å². The molecule has 0 aromatic heterocycles. The Morgan fingerprint density at radius 1 is 1.20 bits per heavy atom. The standard InChI is InChI=1S/C19H29N3O3/c1-15-14-21(7-8-22(15)10-11-24-2)9-12-25-17-4-5-18-16(13-17)3-6-19(23)20-18/h4-5,13,15H,3,6-12,14H2,1-2H3,(H,20,23). The van der Waals surface area contributed by atoms with Crippen LogP contribution in [0.1, 0.15) is 18.9 Å². The van der Waals surface area contributed by atoms with E-state index in [0.717, 1.165) is 62.8 Å². The molecule has 0 aliphatic carbocycles. The highest BCUT2D eigenvalue weighted by Crippen LogP contribution is 2.26. The van der Waals surface area contributed by atoms with E-state index >= 15 is 0 Å². The van der Waals surface area contributed by atoms with Crippen molar-refractivity contribution in [2.24, 2.45) is 0 Å². The van der Waals surface area contributed by atoms with Crippen LogP contribution in [0.25, 0.3) is 0 Å². The van der Waals surface area contributed by atoms with Crippen molar-refractivity contribution < 1.29 is 14.3 Å². The first-order valence-electron chi connectivity index (χ1n) is 9.16. The van der Waals surface area contributed by atoms with Crippen molar-refractivity contribution in [2.75, 3.05) is 58.4 Å². The molecule has 2 heterocycles. The Morgan fingerprint density at radius 2 is 2.08 bits per heavy atom. The number of aryl methyl sites for hydroxylation is 1. The molecule has 1 unspecified atom stereocenters. The maximum atomic E-state index is 11.4. The highest BCUT2D eigenvalue weighted by Gasteiger charge is 2.23. The smallest absolute Gasteiger partial charge is 0.224 e. The Kier molecular flexibility index (Phi) is 6.29. The number of fused-ring (bicyclic) bond motifs is 1. The summed E-state index contributed by atoms with van der Waals surface area (Å²) in [5, 5.41) is 2.90. The highest BCUT2D eigenvalue weighted by molar-refractivity contribution is 5.93. The van der Waals surface area contributed by atoms with Crippen LogP contribution in [0.2, 0.25) is 0 Å². The van der Waals surface area contributed by atoms with Crippen molar-refractivity contribution in [2.45, 2.75) is 25.8 Å². The minimum absolute atomic E-state index is 0.0972. The summed E-state index contributed by atoms with van der Waals surface area (Å²) in [6, 6.07) is 6.49. The molecular formula is C19H29N3O3. The Labute approximate surface area is 150 Å². The van der Waals surface area contributed by atoms with Gasteiger partial charge in [-0.05, 0) is 37.1 Å². The van der Waals surface area contributed by atoms with Crippen molar-refractivity contribution in [1.29, 1.82) is 0 Å². The minimum Gasteiger partial charge on any atom is -0.492 e. The first-order valence-corrected chi connectivity index (χ1v) is 9.16. The first kappa shape index (κ1) is 18.2. The fraction of sp³-hybridized carbons (Fsp3) is 0.632. The fourth-order valence-electron chi connectivity index (χ4n) is 3.56. The van der Waals surface area contributed by atoms with Gasteiger partial charge in [0.15, 0.2) is 0 Å². The van der Waals surface area contributed by atoms with E-state index in [4.69, 9.17) is 9.47 Å². The summed E-state index contributed by atoms with van der Waals surface area (Å²) in [5.41, 5.74) is 2.09. The van der Waals surface area contributed by atoms with Gasteiger partial charge in [0.25, 0.3) is 0 Å². The molecular weight excluding hydrogens is 318 g/mol. The normalized spacial score (nSPS) is 21.7. The molecule has 1 amide bonds. The third-order valence-electron chi connectivity index (χ3n) is 5.08. The zero-order valence-electron chi connectivity index (χ0n) is 15.3. The molecule has 0 bridgehead atoms. The third kappa shape index (κ3) is 4.93. The van der Waals surface area contributed by atoms with E-state index in [2.05, 4.69) is 28.1 Å². The van der Waals surface area contributed by atoms with Crippen LogP contribution < -0.4 is 10.1 Å². The number of ether oxygens (including phenoxy) is 2. The maximum Gasteiger partial charge on any atom is 0.224 e. The average molecular weight is 347 g/mol. The summed E-state index contributed by atoms with van der Waals surface area (Å²) < 4.78 is 11.1. The van der Waals surface area contributed by atoms with Crippen LogP contribution in [-0.2, 0) is 16.0 Å². The van der Waals surface area contributed by atoms with Gasteiger partial charge in [-0.15, -0.1) is 0 Å². The van der Waals surface area contributed by atoms with E-state index in [0.29, 0.717) is 19.1 Å². The van der Waals surface area contributed by atoms with E-state index in [9.17, 15) is 4.79 Å². The molecule has 6 heteroatoms. The molecule has 2 aliphatic heterocycles. The zero-order valence-corrected chi connectivity index (χ0v) is 15.3. The molecule has 2 aliphatic rings. The fourth-order valence-corrected chi connectivity index (χ4v) is 3.56. The van der Waals surface area contributed by atoms with Crippen LogP contribution in [0.4, 0.5) is 5.69 Å². The Hall–Kier alpha value is -1.63. The molecule has 0 radical (unpaired) electrons. The quantitative estimate of drug-likeness (QED) is 0.812. The van der Waals surface area contributed by atoms with Crippen LogP contribution >= 0.6 is 0 Å². The van der Waals surface area contributed by atoms with Gasteiger partial charge < -0.3 is 14.8 Å². The van der Waals surface area contributed by atoms with E-state index in [1.165, 1.54) is 0 Å². The van der Waals surface area contributed by atoms with E-state index in [1.54, 1.807) is 7.11 Å². The summed E-state index contributed by atoms with van der Waals surface area (Å²) >= 11 is 0. The second kappa shape index (κ2) is 8.65. The number of carbonyl (C=O) groups excluding carboxylic acids is 1. The Balaban J connectivity index is 1.42. The van der Waals surface area contributed by atoms with Crippen LogP contribution in [0.5, 0.6) is 5.75 Å². The summed E-state index contributed by atoms with van der Waals surface area (Å²) in [5.74, 6) is 0.988. The monoisotopic (exact) mass is 347 g/mol. The molecule has 1 N–H and O–H groups in total. The number of nitrogens with zero attached hydrogens (tertiary/aromatic N) is 2. The first-order chi connectivity index (χ1) is 12.2. The molecule has 25 heavy (non-hydrogen) atoms. The molecule has 6 nitrogen and oxygen atoms in total. The predicted octanol–water partition coefficient (Wildman–Crippen LogP) is 1.60. The Morgan fingerprint density at radius 3 is 2.88 bits per heavy atom. The minimum atomic E-state index is 0.0972. The van der Waals surface area contributed by atoms with Crippen LogP contribution in [0.3, 0.4) is 0 Å².